The highest BCUT2D eigenvalue weighted by Gasteiger charge is 1.92. The highest BCUT2D eigenvalue weighted by molar-refractivity contribution is 5.16. The molecule has 0 aliphatic heterocycles. The van der Waals surface area contributed by atoms with Crippen molar-refractivity contribution >= 4 is 0 Å². The molecule has 0 saturated carbocycles. The molecular weight excluding hydrogens is 210 g/mol. The fourth-order valence-electron chi connectivity index (χ4n) is 1.54. The lowest BCUT2D eigenvalue weighted by molar-refractivity contribution is 0.399. The molecule has 0 fully saturated rings. The highest BCUT2D eigenvalue weighted by atomic mass is 16.2. The molecule has 0 radical (unpaired) electrons. The van der Waals surface area contributed by atoms with Crippen molar-refractivity contribution in [3.05, 3.63) is 71.8 Å². The zero-order valence-corrected chi connectivity index (χ0v) is 10.1. The second kappa shape index (κ2) is 8.50. The number of aliphatic hydroxyl groups excluding tert-OH is 1. The van der Waals surface area contributed by atoms with Crippen LogP contribution in [0.3, 0.4) is 0 Å². The summed E-state index contributed by atoms with van der Waals surface area (Å²) in [4.78, 5) is 0. The van der Waals surface area contributed by atoms with Crippen molar-refractivity contribution in [2.24, 2.45) is 0 Å². The van der Waals surface area contributed by atoms with Crippen molar-refractivity contribution in [2.45, 2.75) is 13.1 Å². The zero-order valence-electron chi connectivity index (χ0n) is 10.1. The minimum absolute atomic E-state index is 0.926. The van der Waals surface area contributed by atoms with Gasteiger partial charge in [-0.1, -0.05) is 60.7 Å². The summed E-state index contributed by atoms with van der Waals surface area (Å²) >= 11 is 0. The number of hydrogen-bond donors (Lipinski definition) is 2. The third-order valence-corrected chi connectivity index (χ3v) is 2.34. The SMILES string of the molecule is CO.c1ccc(CNCc2ccccc2)cc1. The monoisotopic (exact) mass is 229 g/mol. The van der Waals surface area contributed by atoms with Crippen LogP contribution >= 0.6 is 0 Å². The largest absolute Gasteiger partial charge is 0.400 e. The van der Waals surface area contributed by atoms with Gasteiger partial charge >= 0.3 is 0 Å². The molecular formula is C15H19NO. The van der Waals surface area contributed by atoms with E-state index < -0.39 is 0 Å². The number of hydrogen-bond acceptors (Lipinski definition) is 2. The van der Waals surface area contributed by atoms with Crippen LogP contribution in [0.15, 0.2) is 60.7 Å². The molecule has 0 heterocycles. The summed E-state index contributed by atoms with van der Waals surface area (Å²) in [6.07, 6.45) is 0. The lowest BCUT2D eigenvalue weighted by Crippen LogP contribution is -2.12. The molecule has 90 valence electrons. The van der Waals surface area contributed by atoms with Gasteiger partial charge in [-0.05, 0) is 11.1 Å². The van der Waals surface area contributed by atoms with Crippen LogP contribution in [0, 0.1) is 0 Å². The molecule has 0 aliphatic carbocycles. The molecule has 2 aromatic carbocycles. The smallest absolute Gasteiger partial charge is 0.0319 e. The summed E-state index contributed by atoms with van der Waals surface area (Å²) in [6.45, 7) is 1.85. The van der Waals surface area contributed by atoms with Gasteiger partial charge in [-0.15, -0.1) is 0 Å². The van der Waals surface area contributed by atoms with Crippen LogP contribution in [0.5, 0.6) is 0 Å². The number of benzene rings is 2. The lowest BCUT2D eigenvalue weighted by Gasteiger charge is -2.04. The fraction of sp³-hybridized carbons (Fsp3) is 0.200. The Hall–Kier alpha value is -1.64. The van der Waals surface area contributed by atoms with Crippen molar-refractivity contribution in [3.8, 4) is 0 Å². The Morgan fingerprint density at radius 3 is 1.41 bits per heavy atom. The first-order chi connectivity index (χ1) is 8.45. The van der Waals surface area contributed by atoms with E-state index >= 15 is 0 Å². The van der Waals surface area contributed by atoms with Crippen LogP contribution in [-0.2, 0) is 13.1 Å². The zero-order chi connectivity index (χ0) is 12.3. The lowest BCUT2D eigenvalue weighted by atomic mass is 10.2. The van der Waals surface area contributed by atoms with Gasteiger partial charge in [0.2, 0.25) is 0 Å². The third kappa shape index (κ3) is 5.29. The molecule has 2 nitrogen and oxygen atoms in total. The summed E-state index contributed by atoms with van der Waals surface area (Å²) in [5.74, 6) is 0. The maximum Gasteiger partial charge on any atom is 0.0319 e. The van der Waals surface area contributed by atoms with Gasteiger partial charge in [0.1, 0.15) is 0 Å². The molecule has 0 bridgehead atoms. The minimum Gasteiger partial charge on any atom is -0.400 e. The first-order valence-corrected chi connectivity index (χ1v) is 5.68. The van der Waals surface area contributed by atoms with E-state index in [-0.39, 0.29) is 0 Å². The molecule has 0 aromatic heterocycles. The van der Waals surface area contributed by atoms with Crippen LogP contribution in [0.2, 0.25) is 0 Å². The minimum atomic E-state index is 0.926. The van der Waals surface area contributed by atoms with Crippen molar-refractivity contribution in [3.63, 3.8) is 0 Å². The highest BCUT2D eigenvalue weighted by Crippen LogP contribution is 2.00. The van der Waals surface area contributed by atoms with Gasteiger partial charge in [0.25, 0.3) is 0 Å². The van der Waals surface area contributed by atoms with Crippen LogP contribution < -0.4 is 5.32 Å². The molecule has 2 N–H and O–H groups in total. The first kappa shape index (κ1) is 13.4. The van der Waals surface area contributed by atoms with E-state index in [2.05, 4.69) is 53.8 Å². The molecule has 0 spiro atoms. The maximum absolute atomic E-state index is 7.00. The van der Waals surface area contributed by atoms with E-state index in [1.165, 1.54) is 11.1 Å². The fourth-order valence-corrected chi connectivity index (χ4v) is 1.54. The van der Waals surface area contributed by atoms with E-state index in [1.54, 1.807) is 0 Å². The van der Waals surface area contributed by atoms with E-state index in [9.17, 15) is 0 Å². The molecule has 0 amide bonds. The Kier molecular flexibility index (Phi) is 6.72. The molecule has 2 aromatic rings. The second-order valence-corrected chi connectivity index (χ2v) is 3.57. The van der Waals surface area contributed by atoms with E-state index in [4.69, 9.17) is 5.11 Å². The topological polar surface area (TPSA) is 32.3 Å². The predicted octanol–water partition coefficient (Wildman–Crippen LogP) is 2.58. The summed E-state index contributed by atoms with van der Waals surface area (Å²) in [5.41, 5.74) is 2.65. The average molecular weight is 229 g/mol. The van der Waals surface area contributed by atoms with Gasteiger partial charge in [0.15, 0.2) is 0 Å². The first-order valence-electron chi connectivity index (χ1n) is 5.68. The Morgan fingerprint density at radius 2 is 1.06 bits per heavy atom. The Bertz CT molecular complexity index is 347. The van der Waals surface area contributed by atoms with Crippen molar-refractivity contribution in [1.29, 1.82) is 0 Å². The van der Waals surface area contributed by atoms with Crippen molar-refractivity contribution in [2.75, 3.05) is 7.11 Å². The van der Waals surface area contributed by atoms with E-state index in [0.29, 0.717) is 0 Å². The van der Waals surface area contributed by atoms with E-state index in [1.807, 2.05) is 12.1 Å². The Morgan fingerprint density at radius 1 is 0.706 bits per heavy atom. The maximum atomic E-state index is 7.00. The van der Waals surface area contributed by atoms with Gasteiger partial charge in [-0.2, -0.15) is 0 Å². The van der Waals surface area contributed by atoms with Gasteiger partial charge in [0, 0.05) is 20.2 Å². The summed E-state index contributed by atoms with van der Waals surface area (Å²) in [6, 6.07) is 20.9. The van der Waals surface area contributed by atoms with Crippen LogP contribution in [0.4, 0.5) is 0 Å². The quantitative estimate of drug-likeness (QED) is 0.844. The standard InChI is InChI=1S/C14H15N.CH4O/c1-3-7-13(8-4-1)11-15-12-14-9-5-2-6-10-14;1-2/h1-10,15H,11-12H2;2H,1H3. The van der Waals surface area contributed by atoms with Crippen LogP contribution in [0.1, 0.15) is 11.1 Å². The van der Waals surface area contributed by atoms with Gasteiger partial charge < -0.3 is 10.4 Å². The Balaban J connectivity index is 0.000000686. The number of nitrogens with one attached hydrogen (secondary N) is 1. The normalized spacial score (nSPS) is 9.29. The van der Waals surface area contributed by atoms with Gasteiger partial charge in [-0.3, -0.25) is 0 Å². The summed E-state index contributed by atoms with van der Waals surface area (Å²) < 4.78 is 0. The molecule has 0 atom stereocenters. The van der Waals surface area contributed by atoms with Crippen molar-refractivity contribution in [1.82, 2.24) is 5.32 Å². The second-order valence-electron chi connectivity index (χ2n) is 3.57. The summed E-state index contributed by atoms with van der Waals surface area (Å²) in [7, 11) is 1.00. The molecule has 0 saturated heterocycles. The molecule has 0 aliphatic rings. The molecule has 0 unspecified atom stereocenters. The third-order valence-electron chi connectivity index (χ3n) is 2.34. The van der Waals surface area contributed by atoms with Gasteiger partial charge in [-0.25, -0.2) is 0 Å². The molecule has 17 heavy (non-hydrogen) atoms. The van der Waals surface area contributed by atoms with Crippen molar-refractivity contribution < 1.29 is 5.11 Å². The average Bonchev–Trinajstić information content (AvgIpc) is 2.43. The Labute approximate surface area is 103 Å². The number of aliphatic hydroxyl groups is 1. The van der Waals surface area contributed by atoms with Crippen LogP contribution in [-0.4, -0.2) is 12.2 Å². The predicted molar refractivity (Wildman–Crippen MR) is 71.6 cm³/mol. The van der Waals surface area contributed by atoms with Crippen LogP contribution in [0.25, 0.3) is 0 Å². The van der Waals surface area contributed by atoms with E-state index in [0.717, 1.165) is 20.2 Å². The molecule has 2 heteroatoms. The molecule has 2 rings (SSSR count). The summed E-state index contributed by atoms with van der Waals surface area (Å²) in [5, 5.41) is 10.4. The van der Waals surface area contributed by atoms with Gasteiger partial charge in [0.05, 0.1) is 0 Å². The number of rotatable bonds is 4.